The normalized spacial score (nSPS) is 22.0. The summed E-state index contributed by atoms with van der Waals surface area (Å²) in [7, 11) is 0. The van der Waals surface area contributed by atoms with Crippen molar-refractivity contribution in [1.82, 2.24) is 30.4 Å². The predicted molar refractivity (Wildman–Crippen MR) is 103 cm³/mol. The summed E-state index contributed by atoms with van der Waals surface area (Å²) in [5.41, 5.74) is 1.58. The van der Waals surface area contributed by atoms with E-state index in [1.807, 2.05) is 0 Å². The van der Waals surface area contributed by atoms with E-state index in [0.717, 1.165) is 31.0 Å². The third kappa shape index (κ3) is 4.34. The molecule has 0 aliphatic carbocycles. The minimum Gasteiger partial charge on any atom is -0.350 e. The zero-order chi connectivity index (χ0) is 17.8. The SMILES string of the molecule is Clc1cnc(N[C@@H]2CCN(CCC3CCNCC3)C2)nc1-c1cn[nH]c1. The molecule has 2 fully saturated rings. The summed E-state index contributed by atoms with van der Waals surface area (Å²) in [5, 5.41) is 14.2. The number of anilines is 1. The highest BCUT2D eigenvalue weighted by Crippen LogP contribution is 2.26. The summed E-state index contributed by atoms with van der Waals surface area (Å²) in [4.78, 5) is 11.5. The molecule has 140 valence electrons. The molecule has 7 nitrogen and oxygen atoms in total. The fourth-order valence-electron chi connectivity index (χ4n) is 3.89. The molecule has 2 saturated heterocycles. The lowest BCUT2D eigenvalue weighted by Crippen LogP contribution is -2.32. The summed E-state index contributed by atoms with van der Waals surface area (Å²) >= 11 is 6.24. The number of rotatable bonds is 6. The second kappa shape index (κ2) is 8.33. The van der Waals surface area contributed by atoms with Gasteiger partial charge >= 0.3 is 0 Å². The second-order valence-corrected chi connectivity index (χ2v) is 7.70. The van der Waals surface area contributed by atoms with E-state index in [9.17, 15) is 0 Å². The Bertz CT molecular complexity index is 700. The maximum absolute atomic E-state index is 6.24. The molecule has 0 saturated carbocycles. The Balaban J connectivity index is 1.30. The molecule has 0 radical (unpaired) electrons. The number of nitrogens with one attached hydrogen (secondary N) is 3. The number of halogens is 1. The van der Waals surface area contributed by atoms with E-state index in [4.69, 9.17) is 11.6 Å². The van der Waals surface area contributed by atoms with Gasteiger partial charge in [0, 0.05) is 30.9 Å². The Labute approximate surface area is 158 Å². The van der Waals surface area contributed by atoms with Gasteiger partial charge in [0.25, 0.3) is 0 Å². The first-order valence-electron chi connectivity index (χ1n) is 9.49. The zero-order valence-corrected chi connectivity index (χ0v) is 15.7. The van der Waals surface area contributed by atoms with Crippen LogP contribution in [-0.2, 0) is 0 Å². The van der Waals surface area contributed by atoms with Crippen LogP contribution in [0.2, 0.25) is 5.02 Å². The molecule has 0 spiro atoms. The number of likely N-dealkylation sites (tertiary alicyclic amines) is 1. The van der Waals surface area contributed by atoms with Gasteiger partial charge < -0.3 is 15.5 Å². The molecule has 2 aliphatic heterocycles. The minimum atomic E-state index is 0.390. The van der Waals surface area contributed by atoms with Gasteiger partial charge in [-0.1, -0.05) is 11.6 Å². The van der Waals surface area contributed by atoms with Gasteiger partial charge in [-0.3, -0.25) is 5.10 Å². The minimum absolute atomic E-state index is 0.390. The van der Waals surface area contributed by atoms with Crippen LogP contribution in [0.4, 0.5) is 5.95 Å². The molecule has 3 N–H and O–H groups in total. The number of nitrogens with zero attached hydrogens (tertiary/aromatic N) is 4. The largest absolute Gasteiger partial charge is 0.350 e. The maximum Gasteiger partial charge on any atom is 0.223 e. The van der Waals surface area contributed by atoms with Crippen molar-refractivity contribution in [2.45, 2.75) is 31.7 Å². The van der Waals surface area contributed by atoms with Crippen LogP contribution in [0.1, 0.15) is 25.7 Å². The zero-order valence-electron chi connectivity index (χ0n) is 14.9. The van der Waals surface area contributed by atoms with Gasteiger partial charge in [-0.05, 0) is 51.2 Å². The highest BCUT2D eigenvalue weighted by Gasteiger charge is 2.24. The van der Waals surface area contributed by atoms with Crippen molar-refractivity contribution >= 4 is 17.5 Å². The van der Waals surface area contributed by atoms with Gasteiger partial charge in [0.2, 0.25) is 5.95 Å². The fraction of sp³-hybridized carbons (Fsp3) is 0.611. The molecule has 2 aromatic rings. The van der Waals surface area contributed by atoms with Crippen molar-refractivity contribution < 1.29 is 0 Å². The van der Waals surface area contributed by atoms with Crippen molar-refractivity contribution in [2.24, 2.45) is 5.92 Å². The van der Waals surface area contributed by atoms with E-state index in [-0.39, 0.29) is 0 Å². The van der Waals surface area contributed by atoms with E-state index in [1.165, 1.54) is 38.9 Å². The van der Waals surface area contributed by atoms with Crippen molar-refractivity contribution in [1.29, 1.82) is 0 Å². The predicted octanol–water partition coefficient (Wildman–Crippen LogP) is 2.40. The summed E-state index contributed by atoms with van der Waals surface area (Å²) in [6.07, 6.45) is 10.3. The van der Waals surface area contributed by atoms with Crippen LogP contribution >= 0.6 is 11.6 Å². The quantitative estimate of drug-likeness (QED) is 0.719. The summed E-state index contributed by atoms with van der Waals surface area (Å²) in [5.74, 6) is 1.52. The van der Waals surface area contributed by atoms with Crippen LogP contribution in [-0.4, -0.2) is 63.8 Å². The fourth-order valence-corrected chi connectivity index (χ4v) is 4.09. The van der Waals surface area contributed by atoms with E-state index < -0.39 is 0 Å². The lowest BCUT2D eigenvalue weighted by molar-refractivity contribution is 0.271. The van der Waals surface area contributed by atoms with Crippen LogP contribution in [0.5, 0.6) is 0 Å². The molecular formula is C18H26ClN7. The van der Waals surface area contributed by atoms with Crippen LogP contribution in [0.3, 0.4) is 0 Å². The van der Waals surface area contributed by atoms with Crippen LogP contribution in [0.15, 0.2) is 18.6 Å². The lowest BCUT2D eigenvalue weighted by Gasteiger charge is -2.25. The summed E-state index contributed by atoms with van der Waals surface area (Å²) < 4.78 is 0. The third-order valence-corrected chi connectivity index (χ3v) is 5.71. The molecular weight excluding hydrogens is 350 g/mol. The van der Waals surface area contributed by atoms with Gasteiger partial charge in [-0.2, -0.15) is 5.10 Å². The average Bonchev–Trinajstić information content (AvgIpc) is 3.35. The van der Waals surface area contributed by atoms with Crippen LogP contribution in [0.25, 0.3) is 11.3 Å². The second-order valence-electron chi connectivity index (χ2n) is 7.29. The first-order chi connectivity index (χ1) is 12.8. The molecule has 0 bridgehead atoms. The van der Waals surface area contributed by atoms with Crippen LogP contribution in [0, 0.1) is 5.92 Å². The van der Waals surface area contributed by atoms with Gasteiger partial charge in [-0.25, -0.2) is 9.97 Å². The molecule has 2 aliphatic rings. The topological polar surface area (TPSA) is 81.8 Å². The Morgan fingerprint density at radius 1 is 1.23 bits per heavy atom. The molecule has 4 rings (SSSR count). The molecule has 1 atom stereocenters. The standard InChI is InChI=1S/C18H26ClN7/c19-16-11-21-18(25-17(16)14-9-22-23-10-14)24-15-4-8-26(12-15)7-3-13-1-5-20-6-2-13/h9-11,13,15,20H,1-8,12H2,(H,22,23)(H,21,24,25)/t15-/m1/s1. The van der Waals surface area contributed by atoms with Gasteiger partial charge in [0.05, 0.1) is 23.1 Å². The molecule has 4 heterocycles. The van der Waals surface area contributed by atoms with Crippen molar-refractivity contribution in [3.05, 3.63) is 23.6 Å². The number of aromatic amines is 1. The number of H-pyrrole nitrogens is 1. The number of piperidine rings is 1. The Kier molecular flexibility index (Phi) is 5.67. The average molecular weight is 376 g/mol. The van der Waals surface area contributed by atoms with E-state index in [2.05, 4.69) is 35.7 Å². The molecule has 8 heteroatoms. The van der Waals surface area contributed by atoms with E-state index >= 15 is 0 Å². The summed E-state index contributed by atoms with van der Waals surface area (Å²) in [6.45, 7) is 5.76. The molecule has 0 amide bonds. The van der Waals surface area contributed by atoms with Gasteiger partial charge in [0.15, 0.2) is 0 Å². The summed E-state index contributed by atoms with van der Waals surface area (Å²) in [6, 6.07) is 0.390. The van der Waals surface area contributed by atoms with Gasteiger partial charge in [0.1, 0.15) is 0 Å². The third-order valence-electron chi connectivity index (χ3n) is 5.43. The van der Waals surface area contributed by atoms with E-state index in [1.54, 1.807) is 18.6 Å². The first-order valence-corrected chi connectivity index (χ1v) is 9.87. The molecule has 0 unspecified atom stereocenters. The number of aromatic nitrogens is 4. The van der Waals surface area contributed by atoms with E-state index in [0.29, 0.717) is 22.7 Å². The Morgan fingerprint density at radius 2 is 2.12 bits per heavy atom. The Hall–Kier alpha value is -1.70. The maximum atomic E-state index is 6.24. The molecule has 0 aromatic carbocycles. The van der Waals surface area contributed by atoms with Crippen molar-refractivity contribution in [3.8, 4) is 11.3 Å². The Morgan fingerprint density at radius 3 is 2.92 bits per heavy atom. The lowest BCUT2D eigenvalue weighted by atomic mass is 9.94. The molecule has 26 heavy (non-hydrogen) atoms. The number of hydrogen-bond acceptors (Lipinski definition) is 6. The van der Waals surface area contributed by atoms with Gasteiger partial charge in [-0.15, -0.1) is 0 Å². The smallest absolute Gasteiger partial charge is 0.223 e. The monoisotopic (exact) mass is 375 g/mol. The van der Waals surface area contributed by atoms with Crippen molar-refractivity contribution in [2.75, 3.05) is 38.0 Å². The highest BCUT2D eigenvalue weighted by molar-refractivity contribution is 6.32. The van der Waals surface area contributed by atoms with Crippen LogP contribution < -0.4 is 10.6 Å². The molecule has 2 aromatic heterocycles. The first kappa shape index (κ1) is 17.7. The van der Waals surface area contributed by atoms with Crippen molar-refractivity contribution in [3.63, 3.8) is 0 Å². The highest BCUT2D eigenvalue weighted by atomic mass is 35.5. The number of hydrogen-bond donors (Lipinski definition) is 3.